The lowest BCUT2D eigenvalue weighted by molar-refractivity contribution is 0.0686. The number of carboxylic acid groups (broad SMARTS) is 1. The molecule has 0 aliphatic rings. The first-order valence-corrected chi connectivity index (χ1v) is 5.24. The molecular formula is C11H9ClN2O4. The lowest BCUT2D eigenvalue weighted by Gasteiger charge is -2.08. The van der Waals surface area contributed by atoms with Gasteiger partial charge in [-0.2, -0.15) is 0 Å². The Hall–Kier alpha value is -2.21. The Labute approximate surface area is 107 Å². The van der Waals surface area contributed by atoms with Crippen LogP contribution in [0, 0.1) is 0 Å². The SMILES string of the molecule is COc1ccc(Cl)cc1-c1c(C(=O)O)noc1N. The molecule has 7 heteroatoms. The molecule has 0 amide bonds. The molecule has 1 heterocycles. The summed E-state index contributed by atoms with van der Waals surface area (Å²) in [5.74, 6) is -0.919. The summed E-state index contributed by atoms with van der Waals surface area (Å²) in [6, 6.07) is 4.76. The minimum Gasteiger partial charge on any atom is -0.496 e. The molecular weight excluding hydrogens is 260 g/mol. The number of nitrogens with two attached hydrogens (primary N) is 1. The van der Waals surface area contributed by atoms with Crippen LogP contribution in [0.5, 0.6) is 5.75 Å². The molecule has 0 fully saturated rings. The number of hydrogen-bond acceptors (Lipinski definition) is 5. The third kappa shape index (κ3) is 1.98. The minimum absolute atomic E-state index is 0.104. The lowest BCUT2D eigenvalue weighted by atomic mass is 10.0. The third-order valence-electron chi connectivity index (χ3n) is 2.35. The van der Waals surface area contributed by atoms with E-state index >= 15 is 0 Å². The fraction of sp³-hybridized carbons (Fsp3) is 0.0909. The van der Waals surface area contributed by atoms with Crippen LogP contribution in [0.25, 0.3) is 11.1 Å². The van der Waals surface area contributed by atoms with Gasteiger partial charge in [-0.15, -0.1) is 0 Å². The van der Waals surface area contributed by atoms with Gasteiger partial charge in [0, 0.05) is 10.6 Å². The fourth-order valence-corrected chi connectivity index (χ4v) is 1.76. The van der Waals surface area contributed by atoms with Crippen molar-refractivity contribution >= 4 is 23.5 Å². The fourth-order valence-electron chi connectivity index (χ4n) is 1.58. The standard InChI is InChI=1S/C11H9ClN2O4/c1-17-7-3-2-5(12)4-6(7)8-9(11(15)16)14-18-10(8)13/h2-4H,13H2,1H3,(H,15,16). The summed E-state index contributed by atoms with van der Waals surface area (Å²) in [5, 5.41) is 12.8. The quantitative estimate of drug-likeness (QED) is 0.886. The Kier molecular flexibility index (Phi) is 3.12. The Morgan fingerprint density at radius 1 is 1.56 bits per heavy atom. The maximum Gasteiger partial charge on any atom is 0.358 e. The number of benzene rings is 1. The number of aromatic nitrogens is 1. The van der Waals surface area contributed by atoms with Crippen molar-refractivity contribution in [3.8, 4) is 16.9 Å². The molecule has 1 aromatic carbocycles. The zero-order chi connectivity index (χ0) is 13.3. The van der Waals surface area contributed by atoms with Crippen molar-refractivity contribution in [3.05, 3.63) is 28.9 Å². The second kappa shape index (κ2) is 4.58. The van der Waals surface area contributed by atoms with Crippen molar-refractivity contribution in [1.29, 1.82) is 0 Å². The maximum absolute atomic E-state index is 11.0. The molecule has 2 aromatic rings. The molecule has 0 aliphatic heterocycles. The first kappa shape index (κ1) is 12.3. The van der Waals surface area contributed by atoms with E-state index in [0.717, 1.165) is 0 Å². The molecule has 0 saturated heterocycles. The van der Waals surface area contributed by atoms with Crippen LogP contribution in [0.3, 0.4) is 0 Å². The largest absolute Gasteiger partial charge is 0.496 e. The van der Waals surface area contributed by atoms with Crippen LogP contribution in [0.1, 0.15) is 10.5 Å². The second-order valence-corrected chi connectivity index (χ2v) is 3.86. The van der Waals surface area contributed by atoms with Gasteiger partial charge in [0.25, 0.3) is 0 Å². The van der Waals surface area contributed by atoms with Gasteiger partial charge >= 0.3 is 5.97 Å². The molecule has 0 bridgehead atoms. The third-order valence-corrected chi connectivity index (χ3v) is 2.59. The van der Waals surface area contributed by atoms with E-state index in [9.17, 15) is 4.79 Å². The summed E-state index contributed by atoms with van der Waals surface area (Å²) in [6.07, 6.45) is 0. The smallest absolute Gasteiger partial charge is 0.358 e. The van der Waals surface area contributed by atoms with Gasteiger partial charge in [0.1, 0.15) is 5.75 Å². The zero-order valence-electron chi connectivity index (χ0n) is 9.31. The van der Waals surface area contributed by atoms with E-state index in [4.69, 9.17) is 31.7 Å². The van der Waals surface area contributed by atoms with Gasteiger partial charge in [0.2, 0.25) is 11.6 Å². The van der Waals surface area contributed by atoms with Crippen LogP contribution < -0.4 is 10.5 Å². The van der Waals surface area contributed by atoms with Gasteiger partial charge < -0.3 is 20.1 Å². The van der Waals surface area contributed by atoms with Crippen LogP contribution >= 0.6 is 11.6 Å². The molecule has 0 spiro atoms. The predicted molar refractivity (Wildman–Crippen MR) is 64.9 cm³/mol. The van der Waals surface area contributed by atoms with E-state index in [2.05, 4.69) is 5.16 Å². The Balaban J connectivity index is 2.71. The number of carbonyl (C=O) groups is 1. The number of anilines is 1. The van der Waals surface area contributed by atoms with E-state index in [1.54, 1.807) is 12.1 Å². The van der Waals surface area contributed by atoms with Crippen molar-refractivity contribution in [1.82, 2.24) is 5.16 Å². The Morgan fingerprint density at radius 3 is 2.89 bits per heavy atom. The monoisotopic (exact) mass is 268 g/mol. The number of methoxy groups -OCH3 is 1. The van der Waals surface area contributed by atoms with Crippen molar-refractivity contribution < 1.29 is 19.2 Å². The number of carboxylic acids is 1. The summed E-state index contributed by atoms with van der Waals surface area (Å²) >= 11 is 5.88. The molecule has 0 unspecified atom stereocenters. The first-order valence-electron chi connectivity index (χ1n) is 4.87. The molecule has 0 atom stereocenters. The summed E-state index contributed by atoms with van der Waals surface area (Å²) in [7, 11) is 1.46. The second-order valence-electron chi connectivity index (χ2n) is 3.42. The molecule has 1 aromatic heterocycles. The van der Waals surface area contributed by atoms with E-state index in [1.807, 2.05) is 0 Å². The molecule has 0 saturated carbocycles. The van der Waals surface area contributed by atoms with E-state index in [1.165, 1.54) is 13.2 Å². The molecule has 0 aliphatic carbocycles. The minimum atomic E-state index is -1.24. The van der Waals surface area contributed by atoms with Gasteiger partial charge in [-0.25, -0.2) is 4.79 Å². The van der Waals surface area contributed by atoms with Crippen LogP contribution in [-0.2, 0) is 0 Å². The Morgan fingerprint density at radius 2 is 2.28 bits per heavy atom. The molecule has 2 rings (SSSR count). The summed E-state index contributed by atoms with van der Waals surface area (Å²) in [4.78, 5) is 11.0. The average Bonchev–Trinajstić information content (AvgIpc) is 2.71. The number of rotatable bonds is 3. The highest BCUT2D eigenvalue weighted by Crippen LogP contribution is 2.37. The normalized spacial score (nSPS) is 10.3. The number of halogens is 1. The van der Waals surface area contributed by atoms with Gasteiger partial charge in [0.05, 0.1) is 12.7 Å². The predicted octanol–water partition coefficient (Wildman–Crippen LogP) is 2.28. The average molecular weight is 269 g/mol. The van der Waals surface area contributed by atoms with E-state index in [0.29, 0.717) is 16.3 Å². The van der Waals surface area contributed by atoms with Crippen molar-refractivity contribution in [2.45, 2.75) is 0 Å². The highest BCUT2D eigenvalue weighted by atomic mass is 35.5. The van der Waals surface area contributed by atoms with Gasteiger partial charge in [0.15, 0.2) is 0 Å². The first-order chi connectivity index (χ1) is 8.54. The topological polar surface area (TPSA) is 98.6 Å². The van der Waals surface area contributed by atoms with Crippen LogP contribution in [0.15, 0.2) is 22.7 Å². The van der Waals surface area contributed by atoms with Crippen LogP contribution in [0.4, 0.5) is 5.88 Å². The zero-order valence-corrected chi connectivity index (χ0v) is 10.1. The van der Waals surface area contributed by atoms with Crippen LogP contribution in [0.2, 0.25) is 5.02 Å². The maximum atomic E-state index is 11.0. The summed E-state index contributed by atoms with van der Waals surface area (Å²) in [6.45, 7) is 0. The van der Waals surface area contributed by atoms with Gasteiger partial charge in [-0.3, -0.25) is 0 Å². The number of nitrogens with zero attached hydrogens (tertiary/aromatic N) is 1. The number of hydrogen-bond donors (Lipinski definition) is 2. The summed E-state index contributed by atoms with van der Waals surface area (Å²) in [5.41, 5.74) is 5.88. The Bertz CT molecular complexity index is 609. The molecule has 6 nitrogen and oxygen atoms in total. The number of nitrogen functional groups attached to an aromatic ring is 1. The summed E-state index contributed by atoms with van der Waals surface area (Å²) < 4.78 is 9.84. The van der Waals surface area contributed by atoms with Gasteiger partial charge in [-0.1, -0.05) is 16.8 Å². The van der Waals surface area contributed by atoms with Crippen molar-refractivity contribution in [3.63, 3.8) is 0 Å². The van der Waals surface area contributed by atoms with E-state index < -0.39 is 5.97 Å². The number of ether oxygens (including phenoxy) is 1. The molecule has 3 N–H and O–H groups in total. The highest BCUT2D eigenvalue weighted by Gasteiger charge is 2.24. The van der Waals surface area contributed by atoms with Crippen LogP contribution in [-0.4, -0.2) is 23.3 Å². The molecule has 18 heavy (non-hydrogen) atoms. The highest BCUT2D eigenvalue weighted by molar-refractivity contribution is 6.31. The van der Waals surface area contributed by atoms with E-state index in [-0.39, 0.29) is 17.1 Å². The van der Waals surface area contributed by atoms with Crippen molar-refractivity contribution in [2.24, 2.45) is 0 Å². The molecule has 94 valence electrons. The van der Waals surface area contributed by atoms with Crippen molar-refractivity contribution in [2.75, 3.05) is 12.8 Å². The van der Waals surface area contributed by atoms with Gasteiger partial charge in [-0.05, 0) is 18.2 Å². The number of aromatic carboxylic acids is 1. The molecule has 0 radical (unpaired) electrons. The lowest BCUT2D eigenvalue weighted by Crippen LogP contribution is -2.00.